The number of morpholine rings is 1. The van der Waals surface area contributed by atoms with Crippen molar-refractivity contribution < 1.29 is 9.53 Å². The maximum absolute atomic E-state index is 11.9. The number of anilines is 2. The number of hydrogen-bond acceptors (Lipinski definition) is 6. The molecule has 8 nitrogen and oxygen atoms in total. The van der Waals surface area contributed by atoms with Gasteiger partial charge in [0.05, 0.1) is 24.9 Å². The van der Waals surface area contributed by atoms with Crippen LogP contribution in [0.1, 0.15) is 25.5 Å². The highest BCUT2D eigenvalue weighted by Gasteiger charge is 2.23. The van der Waals surface area contributed by atoms with Crippen molar-refractivity contribution >= 4 is 17.5 Å². The Bertz CT molecular complexity index is 882. The zero-order valence-corrected chi connectivity index (χ0v) is 17.9. The number of carbonyl (C=O) groups excluding carboxylic acids is 1. The molecule has 2 aromatic rings. The van der Waals surface area contributed by atoms with Gasteiger partial charge in [-0.2, -0.15) is 0 Å². The van der Waals surface area contributed by atoms with Crippen molar-refractivity contribution in [1.29, 1.82) is 0 Å². The summed E-state index contributed by atoms with van der Waals surface area (Å²) in [6.45, 7) is 5.11. The van der Waals surface area contributed by atoms with Crippen LogP contribution < -0.4 is 15.5 Å². The summed E-state index contributed by atoms with van der Waals surface area (Å²) in [6, 6.07) is 10.2. The fourth-order valence-electron chi connectivity index (χ4n) is 3.51. The third kappa shape index (κ3) is 5.25. The molecule has 4 rings (SSSR count). The van der Waals surface area contributed by atoms with Crippen LogP contribution in [0.15, 0.2) is 30.3 Å². The van der Waals surface area contributed by atoms with Gasteiger partial charge >= 0.3 is 6.03 Å². The summed E-state index contributed by atoms with van der Waals surface area (Å²) in [5, 5.41) is 5.81. The van der Waals surface area contributed by atoms with E-state index in [0.29, 0.717) is 25.1 Å². The van der Waals surface area contributed by atoms with E-state index in [4.69, 9.17) is 14.7 Å². The lowest BCUT2D eigenvalue weighted by Crippen LogP contribution is -2.44. The Morgan fingerprint density at radius 2 is 2.00 bits per heavy atom. The fraction of sp³-hybridized carbons (Fsp3) is 0.500. The number of benzene rings is 1. The van der Waals surface area contributed by atoms with Crippen LogP contribution in [0.4, 0.5) is 16.3 Å². The first-order valence-corrected chi connectivity index (χ1v) is 10.5. The monoisotopic (exact) mass is 410 g/mol. The molecule has 1 aliphatic heterocycles. The molecule has 0 spiro atoms. The second-order valence-electron chi connectivity index (χ2n) is 8.35. The second-order valence-corrected chi connectivity index (χ2v) is 8.35. The molecule has 2 aliphatic rings. The number of ether oxygens (including phenoxy) is 1. The van der Waals surface area contributed by atoms with Gasteiger partial charge in [0, 0.05) is 36.4 Å². The summed E-state index contributed by atoms with van der Waals surface area (Å²) in [4.78, 5) is 26.0. The van der Waals surface area contributed by atoms with Gasteiger partial charge < -0.3 is 25.2 Å². The van der Waals surface area contributed by atoms with Crippen LogP contribution in [0.5, 0.6) is 0 Å². The number of rotatable bonds is 6. The first-order valence-electron chi connectivity index (χ1n) is 10.5. The lowest BCUT2D eigenvalue weighted by Gasteiger charge is -2.34. The number of carbonyl (C=O) groups is 1. The topological polar surface area (TPSA) is 82.6 Å². The first kappa shape index (κ1) is 20.6. The third-order valence-electron chi connectivity index (χ3n) is 5.22. The quantitative estimate of drug-likeness (QED) is 0.762. The second kappa shape index (κ2) is 8.97. The van der Waals surface area contributed by atoms with Gasteiger partial charge in [0.25, 0.3) is 0 Å². The van der Waals surface area contributed by atoms with E-state index in [1.54, 1.807) is 0 Å². The van der Waals surface area contributed by atoms with Crippen molar-refractivity contribution in [3.8, 4) is 11.4 Å². The highest BCUT2D eigenvalue weighted by Crippen LogP contribution is 2.25. The highest BCUT2D eigenvalue weighted by molar-refractivity contribution is 5.89. The van der Waals surface area contributed by atoms with Gasteiger partial charge in [-0.1, -0.05) is 0 Å². The molecule has 1 aromatic carbocycles. The summed E-state index contributed by atoms with van der Waals surface area (Å²) >= 11 is 0. The van der Waals surface area contributed by atoms with Crippen molar-refractivity contribution in [3.05, 3.63) is 36.0 Å². The van der Waals surface area contributed by atoms with Gasteiger partial charge in [-0.3, -0.25) is 0 Å². The molecule has 2 amide bonds. The Labute approximate surface area is 177 Å². The molecule has 1 aliphatic carbocycles. The Hall–Kier alpha value is -2.71. The maximum atomic E-state index is 11.9. The van der Waals surface area contributed by atoms with E-state index in [1.165, 1.54) is 0 Å². The third-order valence-corrected chi connectivity index (χ3v) is 5.22. The zero-order chi connectivity index (χ0) is 21.1. The van der Waals surface area contributed by atoms with E-state index in [1.807, 2.05) is 38.4 Å². The van der Waals surface area contributed by atoms with Crippen molar-refractivity contribution in [3.63, 3.8) is 0 Å². The average molecular weight is 411 g/mol. The molecule has 2 fully saturated rings. The number of nitrogens with zero attached hydrogens (tertiary/aromatic N) is 4. The number of aromatic nitrogens is 2. The molecule has 30 heavy (non-hydrogen) atoms. The van der Waals surface area contributed by atoms with Crippen molar-refractivity contribution in [2.45, 2.75) is 38.4 Å². The zero-order valence-electron chi connectivity index (χ0n) is 17.9. The Kier molecular flexibility index (Phi) is 6.15. The van der Waals surface area contributed by atoms with Crippen molar-refractivity contribution in [2.24, 2.45) is 0 Å². The van der Waals surface area contributed by atoms with Crippen molar-refractivity contribution in [2.75, 3.05) is 44.1 Å². The number of hydrogen-bond donors (Lipinski definition) is 2. The van der Waals surface area contributed by atoms with Crippen LogP contribution >= 0.6 is 0 Å². The van der Waals surface area contributed by atoms with E-state index >= 15 is 0 Å². The lowest BCUT2D eigenvalue weighted by molar-refractivity contribution is 0.0985. The van der Waals surface area contributed by atoms with Crippen LogP contribution in [0, 0.1) is 0 Å². The highest BCUT2D eigenvalue weighted by atomic mass is 16.5. The van der Waals surface area contributed by atoms with E-state index in [0.717, 1.165) is 48.7 Å². The molecule has 0 unspecified atom stereocenters. The summed E-state index contributed by atoms with van der Waals surface area (Å²) < 4.78 is 5.58. The van der Waals surface area contributed by atoms with Gasteiger partial charge in [0.15, 0.2) is 5.82 Å². The van der Waals surface area contributed by atoms with E-state index in [-0.39, 0.29) is 12.1 Å². The Morgan fingerprint density at radius 3 is 2.67 bits per heavy atom. The number of urea groups is 1. The molecular weight excluding hydrogens is 380 g/mol. The minimum Gasteiger partial charge on any atom is -0.377 e. The van der Waals surface area contributed by atoms with Crippen molar-refractivity contribution in [1.82, 2.24) is 20.2 Å². The van der Waals surface area contributed by atoms with Gasteiger partial charge in [0.2, 0.25) is 0 Å². The number of amides is 2. The molecule has 0 radical (unpaired) electrons. The Morgan fingerprint density at radius 1 is 1.23 bits per heavy atom. The van der Waals surface area contributed by atoms with E-state index < -0.39 is 0 Å². The molecule has 160 valence electrons. The molecular formula is C22H30N6O2. The summed E-state index contributed by atoms with van der Waals surface area (Å²) in [7, 11) is 4.07. The van der Waals surface area contributed by atoms with Crippen LogP contribution in [-0.2, 0) is 11.3 Å². The van der Waals surface area contributed by atoms with E-state index in [9.17, 15) is 4.79 Å². The average Bonchev–Trinajstić information content (AvgIpc) is 3.52. The summed E-state index contributed by atoms with van der Waals surface area (Å²) in [5.74, 6) is 1.62. The SMILES string of the molecule is C[C@H]1COCCN1c1cc(CN(C)C)nc(-c2ccc(NC(=O)NC3CC3)cc2)n1. The van der Waals surface area contributed by atoms with Gasteiger partial charge in [0.1, 0.15) is 5.82 Å². The summed E-state index contributed by atoms with van der Waals surface area (Å²) in [5.41, 5.74) is 2.65. The van der Waals surface area contributed by atoms with Gasteiger partial charge in [-0.25, -0.2) is 14.8 Å². The minimum absolute atomic E-state index is 0.155. The van der Waals surface area contributed by atoms with Crippen LogP contribution in [0.3, 0.4) is 0 Å². The molecule has 2 heterocycles. The normalized spacial score (nSPS) is 19.1. The number of nitrogens with one attached hydrogen (secondary N) is 2. The standard InChI is InChI=1S/C22H30N6O2/c1-15-14-30-11-10-28(15)20-12-19(13-27(2)3)23-21(26-20)16-4-6-17(7-5-16)24-22(29)25-18-8-9-18/h4-7,12,15,18H,8-11,13-14H2,1-3H3,(H2,24,25,29)/t15-/m0/s1. The minimum atomic E-state index is -0.155. The predicted octanol–water partition coefficient (Wildman–Crippen LogP) is 2.71. The fourth-order valence-corrected chi connectivity index (χ4v) is 3.51. The van der Waals surface area contributed by atoms with Gasteiger partial charge in [-0.15, -0.1) is 0 Å². The molecule has 1 saturated heterocycles. The first-order chi connectivity index (χ1) is 14.5. The largest absolute Gasteiger partial charge is 0.377 e. The molecule has 2 N–H and O–H groups in total. The Balaban J connectivity index is 1.56. The van der Waals surface area contributed by atoms with E-state index in [2.05, 4.69) is 33.4 Å². The van der Waals surface area contributed by atoms with Crippen LogP contribution in [-0.4, -0.2) is 66.8 Å². The lowest BCUT2D eigenvalue weighted by atomic mass is 10.1. The van der Waals surface area contributed by atoms with Crippen LogP contribution in [0.25, 0.3) is 11.4 Å². The molecule has 1 atom stereocenters. The summed E-state index contributed by atoms with van der Waals surface area (Å²) in [6.07, 6.45) is 2.13. The maximum Gasteiger partial charge on any atom is 0.319 e. The smallest absolute Gasteiger partial charge is 0.319 e. The molecule has 1 aromatic heterocycles. The predicted molar refractivity (Wildman–Crippen MR) is 118 cm³/mol. The molecule has 8 heteroatoms. The van der Waals surface area contributed by atoms with Gasteiger partial charge in [-0.05, 0) is 58.1 Å². The van der Waals surface area contributed by atoms with Crippen LogP contribution in [0.2, 0.25) is 0 Å². The molecule has 0 bridgehead atoms. The molecule has 1 saturated carbocycles.